The molecule has 3 aromatic rings. The lowest BCUT2D eigenvalue weighted by Gasteiger charge is -2.10. The molecule has 2 N–H and O–H groups in total. The van der Waals surface area contributed by atoms with E-state index in [9.17, 15) is 13.2 Å². The van der Waals surface area contributed by atoms with Gasteiger partial charge >= 0.3 is 0 Å². The zero-order chi connectivity index (χ0) is 19.4. The van der Waals surface area contributed by atoms with Crippen molar-refractivity contribution in [2.24, 2.45) is 0 Å². The first-order valence-electron chi connectivity index (χ1n) is 7.56. The number of thiazole rings is 1. The molecule has 10 heteroatoms. The van der Waals surface area contributed by atoms with E-state index in [2.05, 4.69) is 15.0 Å². The van der Waals surface area contributed by atoms with Gasteiger partial charge in [-0.3, -0.25) is 9.52 Å². The molecule has 0 atom stereocenters. The number of rotatable bonds is 6. The number of hydrogen-bond acceptors (Lipinski definition) is 6. The van der Waals surface area contributed by atoms with E-state index in [4.69, 9.17) is 16.3 Å². The van der Waals surface area contributed by atoms with Crippen LogP contribution in [0.25, 0.3) is 0 Å². The van der Waals surface area contributed by atoms with Gasteiger partial charge < -0.3 is 10.1 Å². The van der Waals surface area contributed by atoms with Crippen LogP contribution in [0.4, 0.5) is 10.8 Å². The molecule has 7 nitrogen and oxygen atoms in total. The maximum Gasteiger partial charge on any atom is 0.263 e. The highest BCUT2D eigenvalue weighted by molar-refractivity contribution is 7.93. The van der Waals surface area contributed by atoms with Gasteiger partial charge in [-0.25, -0.2) is 13.4 Å². The average Bonchev–Trinajstić information content (AvgIpc) is 3.14. The predicted octanol–water partition coefficient (Wildman–Crippen LogP) is 3.86. The van der Waals surface area contributed by atoms with Crippen LogP contribution in [0.1, 0.15) is 10.4 Å². The molecule has 0 spiro atoms. The summed E-state index contributed by atoms with van der Waals surface area (Å²) in [6, 6.07) is 10.5. The smallest absolute Gasteiger partial charge is 0.263 e. The molecule has 3 rings (SSSR count). The number of hydrogen-bond donors (Lipinski definition) is 2. The maximum atomic E-state index is 12.5. The fourth-order valence-corrected chi connectivity index (χ4v) is 4.18. The normalized spacial score (nSPS) is 11.0. The number of amides is 1. The molecule has 0 bridgehead atoms. The van der Waals surface area contributed by atoms with Crippen molar-refractivity contribution in [3.8, 4) is 5.75 Å². The molecule has 0 saturated carbocycles. The Labute approximate surface area is 165 Å². The molecule has 0 aliphatic carbocycles. The molecule has 1 heterocycles. The second-order valence-electron chi connectivity index (χ2n) is 5.27. The minimum absolute atomic E-state index is 0.0519. The van der Waals surface area contributed by atoms with Gasteiger partial charge in [-0.1, -0.05) is 11.6 Å². The van der Waals surface area contributed by atoms with Crippen LogP contribution < -0.4 is 14.8 Å². The summed E-state index contributed by atoms with van der Waals surface area (Å²) in [6.45, 7) is 0. The molecule has 27 heavy (non-hydrogen) atoms. The second kappa shape index (κ2) is 7.95. The van der Waals surface area contributed by atoms with Gasteiger partial charge in [0.25, 0.3) is 15.9 Å². The highest BCUT2D eigenvalue weighted by atomic mass is 35.5. The number of aromatic nitrogens is 1. The molecule has 2 aromatic carbocycles. The molecular formula is C17H14ClN3O4S2. The molecule has 0 aliphatic rings. The predicted molar refractivity (Wildman–Crippen MR) is 105 cm³/mol. The van der Waals surface area contributed by atoms with Crippen LogP contribution in [-0.4, -0.2) is 26.4 Å². The van der Waals surface area contributed by atoms with Crippen LogP contribution >= 0.6 is 22.9 Å². The van der Waals surface area contributed by atoms with Crippen LogP contribution in [0.3, 0.4) is 0 Å². The number of nitrogens with one attached hydrogen (secondary N) is 2. The van der Waals surface area contributed by atoms with E-state index in [-0.39, 0.29) is 15.6 Å². The molecule has 1 amide bonds. The number of ether oxygens (including phenoxy) is 1. The zero-order valence-electron chi connectivity index (χ0n) is 14.0. The Morgan fingerprint density at radius 1 is 1.19 bits per heavy atom. The number of methoxy groups -OCH3 is 1. The summed E-state index contributed by atoms with van der Waals surface area (Å²) in [4.78, 5) is 16.4. The van der Waals surface area contributed by atoms with E-state index in [1.54, 1.807) is 17.5 Å². The lowest BCUT2D eigenvalue weighted by atomic mass is 10.2. The quantitative estimate of drug-likeness (QED) is 0.627. The second-order valence-corrected chi connectivity index (χ2v) is 8.28. The topological polar surface area (TPSA) is 97.4 Å². The van der Waals surface area contributed by atoms with Crippen molar-refractivity contribution in [1.29, 1.82) is 0 Å². The van der Waals surface area contributed by atoms with Crippen molar-refractivity contribution in [2.75, 3.05) is 17.1 Å². The van der Waals surface area contributed by atoms with E-state index in [0.717, 1.165) is 0 Å². The molecule has 0 radical (unpaired) electrons. The first kappa shape index (κ1) is 19.2. The van der Waals surface area contributed by atoms with Crippen LogP contribution in [0.5, 0.6) is 5.75 Å². The standard InChI is InChI=1S/C17H14ClN3O4S2/c1-25-15-7-2-11(18)10-14(15)16(22)20-12-3-5-13(6-4-12)27(23,24)21-17-19-8-9-26-17/h2-10H,1H3,(H,19,21)(H,20,22). The first-order valence-corrected chi connectivity index (χ1v) is 10.3. The van der Waals surface area contributed by atoms with E-state index < -0.39 is 15.9 Å². The number of nitrogens with zero attached hydrogens (tertiary/aromatic N) is 1. The summed E-state index contributed by atoms with van der Waals surface area (Å²) in [5.74, 6) is -0.0467. The van der Waals surface area contributed by atoms with Crippen LogP contribution in [0.15, 0.2) is 58.9 Å². The third-order valence-corrected chi connectivity index (χ3v) is 5.89. The summed E-state index contributed by atoms with van der Waals surface area (Å²) >= 11 is 7.11. The minimum Gasteiger partial charge on any atom is -0.496 e. The van der Waals surface area contributed by atoms with Gasteiger partial charge in [0.1, 0.15) is 5.75 Å². The molecule has 140 valence electrons. The van der Waals surface area contributed by atoms with E-state index in [1.165, 1.54) is 55.0 Å². The molecule has 0 unspecified atom stereocenters. The van der Waals surface area contributed by atoms with Crippen molar-refractivity contribution in [1.82, 2.24) is 4.98 Å². The highest BCUT2D eigenvalue weighted by Crippen LogP contribution is 2.24. The van der Waals surface area contributed by atoms with Gasteiger partial charge in [-0.05, 0) is 42.5 Å². The molecule has 0 saturated heterocycles. The summed E-state index contributed by atoms with van der Waals surface area (Å²) < 4.78 is 32.2. The summed E-state index contributed by atoms with van der Waals surface area (Å²) in [5.41, 5.74) is 0.697. The molecule has 0 aliphatic heterocycles. The number of carbonyl (C=O) groups excluding carboxylic acids is 1. The van der Waals surface area contributed by atoms with Gasteiger partial charge in [-0.15, -0.1) is 11.3 Å². The fourth-order valence-electron chi connectivity index (χ4n) is 2.22. The van der Waals surface area contributed by atoms with Gasteiger partial charge in [0.2, 0.25) is 0 Å². The Morgan fingerprint density at radius 3 is 2.56 bits per heavy atom. The Balaban J connectivity index is 1.76. The third-order valence-electron chi connectivity index (χ3n) is 3.48. The number of benzene rings is 2. The van der Waals surface area contributed by atoms with Gasteiger partial charge in [0.15, 0.2) is 5.13 Å². The van der Waals surface area contributed by atoms with E-state index in [1.807, 2.05) is 0 Å². The monoisotopic (exact) mass is 423 g/mol. The highest BCUT2D eigenvalue weighted by Gasteiger charge is 2.17. The Morgan fingerprint density at radius 2 is 1.93 bits per heavy atom. The van der Waals surface area contributed by atoms with Gasteiger partial charge in [0.05, 0.1) is 17.6 Å². The SMILES string of the molecule is COc1ccc(Cl)cc1C(=O)Nc1ccc(S(=O)(=O)Nc2nccs2)cc1. The maximum absolute atomic E-state index is 12.5. The first-order chi connectivity index (χ1) is 12.9. The Bertz CT molecular complexity index is 1050. The number of carbonyl (C=O) groups is 1. The van der Waals surface area contributed by atoms with Crippen molar-refractivity contribution < 1.29 is 17.9 Å². The van der Waals surface area contributed by atoms with Crippen molar-refractivity contribution in [3.05, 3.63) is 64.6 Å². The lowest BCUT2D eigenvalue weighted by molar-refractivity contribution is 0.102. The Hall–Kier alpha value is -2.62. The zero-order valence-corrected chi connectivity index (χ0v) is 16.4. The lowest BCUT2D eigenvalue weighted by Crippen LogP contribution is -2.14. The summed E-state index contributed by atoms with van der Waals surface area (Å²) in [5, 5.41) is 5.03. The summed E-state index contributed by atoms with van der Waals surface area (Å²) in [7, 11) is -2.30. The number of anilines is 2. The molecule has 1 aromatic heterocycles. The molecule has 0 fully saturated rings. The summed E-state index contributed by atoms with van der Waals surface area (Å²) in [6.07, 6.45) is 1.51. The Kier molecular flexibility index (Phi) is 5.64. The number of sulfonamides is 1. The average molecular weight is 424 g/mol. The van der Waals surface area contributed by atoms with Crippen molar-refractivity contribution in [3.63, 3.8) is 0 Å². The van der Waals surface area contributed by atoms with Crippen LogP contribution in [-0.2, 0) is 10.0 Å². The number of halogens is 1. The minimum atomic E-state index is -3.75. The van der Waals surface area contributed by atoms with Gasteiger partial charge in [-0.2, -0.15) is 0 Å². The van der Waals surface area contributed by atoms with Crippen molar-refractivity contribution >= 4 is 49.7 Å². The largest absolute Gasteiger partial charge is 0.496 e. The van der Waals surface area contributed by atoms with Crippen LogP contribution in [0, 0.1) is 0 Å². The third kappa shape index (κ3) is 4.57. The van der Waals surface area contributed by atoms with Gasteiger partial charge in [0, 0.05) is 22.3 Å². The fraction of sp³-hybridized carbons (Fsp3) is 0.0588. The van der Waals surface area contributed by atoms with Crippen LogP contribution in [0.2, 0.25) is 5.02 Å². The van der Waals surface area contributed by atoms with E-state index in [0.29, 0.717) is 16.5 Å². The molecular weight excluding hydrogens is 410 g/mol. The van der Waals surface area contributed by atoms with E-state index >= 15 is 0 Å². The van der Waals surface area contributed by atoms with Crippen molar-refractivity contribution in [2.45, 2.75) is 4.90 Å².